The molecule has 2 N–H and O–H groups in total. The standard InChI is InChI=1S/C19H23N5O/c1-3-23(4-2)16-11-9-15(10-12-16)19(22-24-13-20-21-14-24)17-7-5-6-8-18(17)25/h5-14,19,22,25H,3-4H2,1-2H3/t19-/m0/s1. The predicted octanol–water partition coefficient (Wildman–Crippen LogP) is 3.16. The molecule has 1 heterocycles. The topological polar surface area (TPSA) is 66.2 Å². The number of para-hydroxylation sites is 1. The van der Waals surface area contributed by atoms with Crippen LogP contribution in [0.3, 0.4) is 0 Å². The van der Waals surface area contributed by atoms with Gasteiger partial charge in [0, 0.05) is 24.3 Å². The Labute approximate surface area is 147 Å². The molecule has 0 saturated carbocycles. The van der Waals surface area contributed by atoms with Crippen LogP contribution in [0.5, 0.6) is 5.75 Å². The highest BCUT2D eigenvalue weighted by Crippen LogP contribution is 2.31. The van der Waals surface area contributed by atoms with Crippen LogP contribution in [0, 0.1) is 0 Å². The molecule has 0 aliphatic carbocycles. The van der Waals surface area contributed by atoms with Crippen LogP contribution in [0.4, 0.5) is 5.69 Å². The second-order valence-electron chi connectivity index (χ2n) is 5.75. The Hall–Kier alpha value is -3.02. The first-order valence-corrected chi connectivity index (χ1v) is 8.47. The van der Waals surface area contributed by atoms with Crippen molar-refractivity contribution in [3.63, 3.8) is 0 Å². The molecule has 0 unspecified atom stereocenters. The van der Waals surface area contributed by atoms with E-state index in [4.69, 9.17) is 0 Å². The van der Waals surface area contributed by atoms with Gasteiger partial charge in [-0.25, -0.2) is 4.68 Å². The molecule has 0 fully saturated rings. The minimum Gasteiger partial charge on any atom is -0.508 e. The van der Waals surface area contributed by atoms with Gasteiger partial charge in [-0.15, -0.1) is 10.2 Å². The molecule has 0 amide bonds. The Morgan fingerprint density at radius 3 is 2.24 bits per heavy atom. The highest BCUT2D eigenvalue weighted by molar-refractivity contribution is 5.50. The molecule has 25 heavy (non-hydrogen) atoms. The highest BCUT2D eigenvalue weighted by Gasteiger charge is 2.18. The van der Waals surface area contributed by atoms with Crippen molar-refractivity contribution < 1.29 is 5.11 Å². The third-order valence-corrected chi connectivity index (χ3v) is 4.30. The van der Waals surface area contributed by atoms with Crippen LogP contribution in [-0.2, 0) is 0 Å². The van der Waals surface area contributed by atoms with Crippen molar-refractivity contribution in [3.8, 4) is 5.75 Å². The monoisotopic (exact) mass is 337 g/mol. The van der Waals surface area contributed by atoms with E-state index in [9.17, 15) is 5.11 Å². The summed E-state index contributed by atoms with van der Waals surface area (Å²) in [6.07, 6.45) is 3.19. The number of hydrogen-bond acceptors (Lipinski definition) is 5. The molecule has 1 atom stereocenters. The molecular formula is C19H23N5O. The number of hydrogen-bond donors (Lipinski definition) is 2. The largest absolute Gasteiger partial charge is 0.508 e. The smallest absolute Gasteiger partial charge is 0.138 e. The van der Waals surface area contributed by atoms with Gasteiger partial charge >= 0.3 is 0 Å². The van der Waals surface area contributed by atoms with Crippen LogP contribution in [0.25, 0.3) is 0 Å². The number of aromatic hydroxyl groups is 1. The van der Waals surface area contributed by atoms with Crippen molar-refractivity contribution in [2.75, 3.05) is 23.4 Å². The van der Waals surface area contributed by atoms with E-state index in [1.807, 2.05) is 18.2 Å². The molecule has 0 radical (unpaired) electrons. The molecule has 3 rings (SSSR count). The first-order valence-electron chi connectivity index (χ1n) is 8.47. The van der Waals surface area contributed by atoms with Gasteiger partial charge in [0.2, 0.25) is 0 Å². The number of aromatic nitrogens is 3. The van der Waals surface area contributed by atoms with Crippen LogP contribution < -0.4 is 10.3 Å². The molecule has 0 aliphatic rings. The maximum Gasteiger partial charge on any atom is 0.138 e. The van der Waals surface area contributed by atoms with Gasteiger partial charge in [-0.05, 0) is 37.6 Å². The fourth-order valence-electron chi connectivity index (χ4n) is 2.94. The summed E-state index contributed by atoms with van der Waals surface area (Å²) in [4.78, 5) is 2.30. The highest BCUT2D eigenvalue weighted by atomic mass is 16.3. The van der Waals surface area contributed by atoms with Gasteiger partial charge in [0.15, 0.2) is 0 Å². The Balaban J connectivity index is 1.95. The van der Waals surface area contributed by atoms with Crippen molar-refractivity contribution in [3.05, 3.63) is 72.3 Å². The third kappa shape index (κ3) is 3.74. The van der Waals surface area contributed by atoms with Gasteiger partial charge in [0.05, 0.1) is 6.04 Å². The van der Waals surface area contributed by atoms with Gasteiger partial charge in [-0.2, -0.15) is 0 Å². The molecule has 0 aliphatic heterocycles. The van der Waals surface area contributed by atoms with Gasteiger partial charge in [-0.1, -0.05) is 30.3 Å². The summed E-state index contributed by atoms with van der Waals surface area (Å²) in [5.74, 6) is 0.251. The Morgan fingerprint density at radius 1 is 1.00 bits per heavy atom. The molecule has 6 heteroatoms. The Morgan fingerprint density at radius 2 is 1.64 bits per heavy atom. The van der Waals surface area contributed by atoms with Gasteiger partial charge in [-0.3, -0.25) is 0 Å². The van der Waals surface area contributed by atoms with Crippen molar-refractivity contribution in [1.29, 1.82) is 0 Å². The number of phenols is 1. The van der Waals surface area contributed by atoms with Crippen molar-refractivity contribution in [2.45, 2.75) is 19.9 Å². The van der Waals surface area contributed by atoms with E-state index >= 15 is 0 Å². The summed E-state index contributed by atoms with van der Waals surface area (Å²) < 4.78 is 1.69. The van der Waals surface area contributed by atoms with Gasteiger partial charge in [0.25, 0.3) is 0 Å². The van der Waals surface area contributed by atoms with E-state index in [2.05, 4.69) is 58.6 Å². The summed E-state index contributed by atoms with van der Waals surface area (Å²) in [5.41, 5.74) is 6.36. The lowest BCUT2D eigenvalue weighted by Gasteiger charge is -2.24. The minimum absolute atomic E-state index is 0.219. The van der Waals surface area contributed by atoms with Gasteiger partial charge in [0.1, 0.15) is 18.4 Å². The second kappa shape index (κ2) is 7.70. The van der Waals surface area contributed by atoms with Gasteiger partial charge < -0.3 is 15.4 Å². The molecule has 6 nitrogen and oxygen atoms in total. The van der Waals surface area contributed by atoms with E-state index in [-0.39, 0.29) is 11.8 Å². The quantitative estimate of drug-likeness (QED) is 0.693. The predicted molar refractivity (Wildman–Crippen MR) is 99.3 cm³/mol. The van der Waals surface area contributed by atoms with E-state index < -0.39 is 0 Å². The third-order valence-electron chi connectivity index (χ3n) is 4.30. The first-order chi connectivity index (χ1) is 12.2. The summed E-state index contributed by atoms with van der Waals surface area (Å²) in [7, 11) is 0. The first kappa shape index (κ1) is 16.8. The SMILES string of the molecule is CCN(CC)c1ccc([C@H](Nn2cnnc2)c2ccccc2O)cc1. The van der Waals surface area contributed by atoms with E-state index in [1.54, 1.807) is 23.4 Å². The lowest BCUT2D eigenvalue weighted by molar-refractivity contribution is 0.465. The van der Waals surface area contributed by atoms with Crippen molar-refractivity contribution in [1.82, 2.24) is 14.9 Å². The fourth-order valence-corrected chi connectivity index (χ4v) is 2.94. The van der Waals surface area contributed by atoms with Crippen LogP contribution in [0.15, 0.2) is 61.2 Å². The molecule has 130 valence electrons. The molecular weight excluding hydrogens is 314 g/mol. The summed E-state index contributed by atoms with van der Waals surface area (Å²) in [6.45, 7) is 6.24. The van der Waals surface area contributed by atoms with Crippen LogP contribution >= 0.6 is 0 Å². The maximum atomic E-state index is 10.3. The maximum absolute atomic E-state index is 10.3. The molecule has 1 aromatic heterocycles. The lowest BCUT2D eigenvalue weighted by Crippen LogP contribution is -2.23. The molecule has 0 bridgehead atoms. The lowest BCUT2D eigenvalue weighted by atomic mass is 9.98. The zero-order valence-electron chi connectivity index (χ0n) is 14.5. The average molecular weight is 337 g/mol. The Kier molecular flexibility index (Phi) is 5.18. The summed E-state index contributed by atoms with van der Waals surface area (Å²) >= 11 is 0. The fraction of sp³-hybridized carbons (Fsp3) is 0.263. The number of nitrogens with one attached hydrogen (secondary N) is 1. The van der Waals surface area contributed by atoms with E-state index in [0.29, 0.717) is 0 Å². The van der Waals surface area contributed by atoms with Crippen molar-refractivity contribution in [2.24, 2.45) is 0 Å². The summed E-state index contributed by atoms with van der Waals surface area (Å²) in [6, 6.07) is 15.5. The zero-order valence-corrected chi connectivity index (χ0v) is 14.5. The zero-order chi connectivity index (χ0) is 17.6. The van der Waals surface area contributed by atoms with Crippen LogP contribution in [0.2, 0.25) is 0 Å². The number of anilines is 1. The van der Waals surface area contributed by atoms with E-state index in [1.165, 1.54) is 5.69 Å². The molecule has 0 saturated heterocycles. The normalized spacial score (nSPS) is 11.9. The minimum atomic E-state index is -0.219. The average Bonchev–Trinajstić information content (AvgIpc) is 3.15. The number of benzene rings is 2. The second-order valence-corrected chi connectivity index (χ2v) is 5.75. The Bertz CT molecular complexity index is 782. The van der Waals surface area contributed by atoms with Crippen LogP contribution in [0.1, 0.15) is 31.0 Å². The van der Waals surface area contributed by atoms with Crippen LogP contribution in [-0.4, -0.2) is 33.1 Å². The number of nitrogens with zero attached hydrogens (tertiary/aromatic N) is 4. The molecule has 2 aromatic carbocycles. The summed E-state index contributed by atoms with van der Waals surface area (Å²) in [5, 5.41) is 18.0. The molecule has 3 aromatic rings. The number of rotatable bonds is 7. The van der Waals surface area contributed by atoms with E-state index in [0.717, 1.165) is 24.2 Å². The van der Waals surface area contributed by atoms with Crippen molar-refractivity contribution >= 4 is 5.69 Å². The number of phenolic OH excluding ortho intramolecular Hbond substituents is 1. The molecule has 0 spiro atoms.